The van der Waals surface area contributed by atoms with Gasteiger partial charge >= 0.3 is 0 Å². The molecule has 1 aromatic carbocycles. The predicted octanol–water partition coefficient (Wildman–Crippen LogP) is 3.43. The van der Waals surface area contributed by atoms with Crippen molar-refractivity contribution in [3.8, 4) is 5.75 Å². The second kappa shape index (κ2) is 8.03. The largest absolute Gasteiger partial charge is 0.496 e. The summed E-state index contributed by atoms with van der Waals surface area (Å²) in [5.74, 6) is 0.961. The molecule has 0 saturated carbocycles. The average Bonchev–Trinajstić information content (AvgIpc) is 2.93. The van der Waals surface area contributed by atoms with E-state index in [-0.39, 0.29) is 0 Å². The van der Waals surface area contributed by atoms with Gasteiger partial charge in [-0.2, -0.15) is 0 Å². The Labute approximate surface area is 162 Å². The number of ether oxygens (including phenoxy) is 2. The summed E-state index contributed by atoms with van der Waals surface area (Å²) in [4.78, 5) is 7.45. The summed E-state index contributed by atoms with van der Waals surface area (Å²) >= 11 is 0. The zero-order chi connectivity index (χ0) is 18.8. The number of nitrogens with one attached hydrogen (secondary N) is 1. The van der Waals surface area contributed by atoms with Crippen LogP contribution in [0.5, 0.6) is 5.75 Å². The molecule has 0 radical (unpaired) electrons. The van der Waals surface area contributed by atoms with Crippen LogP contribution < -0.4 is 10.1 Å². The normalized spacial score (nSPS) is 18.9. The highest BCUT2D eigenvalue weighted by molar-refractivity contribution is 5.95. The quantitative estimate of drug-likeness (QED) is 0.895. The van der Waals surface area contributed by atoms with Crippen LogP contribution in [0.15, 0.2) is 12.1 Å². The SMILES string of the molecule is CCc1cc2nc3c(c(NC4CCN(C)CC4)c2cc1OC)CCOCC3. The molecule has 0 spiro atoms. The van der Waals surface area contributed by atoms with Gasteiger partial charge in [-0.15, -0.1) is 0 Å². The van der Waals surface area contributed by atoms with Crippen molar-refractivity contribution in [3.63, 3.8) is 0 Å². The first-order valence-electron chi connectivity index (χ1n) is 10.2. The van der Waals surface area contributed by atoms with E-state index in [2.05, 4.69) is 36.3 Å². The lowest BCUT2D eigenvalue weighted by molar-refractivity contribution is 0.146. The maximum Gasteiger partial charge on any atom is 0.122 e. The molecule has 0 amide bonds. The molecular weight excluding hydrogens is 338 g/mol. The van der Waals surface area contributed by atoms with E-state index in [1.165, 1.54) is 40.7 Å². The molecular formula is C22H31N3O2. The molecule has 2 aromatic rings. The summed E-state index contributed by atoms with van der Waals surface area (Å²) in [5.41, 5.74) is 6.08. The number of nitrogens with zero attached hydrogens (tertiary/aromatic N) is 2. The number of hydrogen-bond acceptors (Lipinski definition) is 5. The Bertz CT molecular complexity index is 813. The summed E-state index contributed by atoms with van der Waals surface area (Å²) < 4.78 is 11.4. The molecule has 4 rings (SSSR count). The van der Waals surface area contributed by atoms with Crippen LogP contribution in [-0.2, 0) is 24.0 Å². The van der Waals surface area contributed by atoms with Gasteiger partial charge in [0.05, 0.1) is 25.8 Å². The standard InChI is InChI=1S/C22H31N3O2/c1-4-15-13-20-18(14-21(15)26-3)22(23-16-5-9-25(2)10-6-16)17-7-11-27-12-8-19(17)24-20/h13-14,16H,4-12H2,1-3H3,(H,23,24). The molecule has 146 valence electrons. The Kier molecular flexibility index (Phi) is 5.50. The van der Waals surface area contributed by atoms with Crippen molar-refractivity contribution in [2.45, 2.75) is 45.1 Å². The van der Waals surface area contributed by atoms with Crippen LogP contribution in [0.3, 0.4) is 0 Å². The molecule has 3 heterocycles. The van der Waals surface area contributed by atoms with Crippen LogP contribution in [0.25, 0.3) is 10.9 Å². The number of likely N-dealkylation sites (tertiary alicyclic amines) is 1. The number of fused-ring (bicyclic) bond motifs is 2. The second-order valence-corrected chi connectivity index (χ2v) is 7.78. The monoisotopic (exact) mass is 369 g/mol. The van der Waals surface area contributed by atoms with Crippen LogP contribution in [0, 0.1) is 0 Å². The molecule has 2 aliphatic heterocycles. The van der Waals surface area contributed by atoms with Gasteiger partial charge in [0.1, 0.15) is 5.75 Å². The lowest BCUT2D eigenvalue weighted by Gasteiger charge is -2.31. The lowest BCUT2D eigenvalue weighted by Crippen LogP contribution is -2.37. The number of rotatable bonds is 4. The van der Waals surface area contributed by atoms with E-state index in [1.807, 2.05) is 0 Å². The molecule has 0 aliphatic carbocycles. The molecule has 5 heteroatoms. The maximum absolute atomic E-state index is 5.75. The van der Waals surface area contributed by atoms with Crippen molar-refractivity contribution in [2.75, 3.05) is 45.8 Å². The van der Waals surface area contributed by atoms with E-state index in [0.29, 0.717) is 6.04 Å². The first-order chi connectivity index (χ1) is 13.2. The van der Waals surface area contributed by atoms with Gasteiger partial charge in [-0.25, -0.2) is 0 Å². The summed E-state index contributed by atoms with van der Waals surface area (Å²) in [5, 5.41) is 5.10. The van der Waals surface area contributed by atoms with E-state index in [0.717, 1.165) is 56.8 Å². The third kappa shape index (κ3) is 3.76. The topological polar surface area (TPSA) is 46.6 Å². The highest BCUT2D eigenvalue weighted by Crippen LogP contribution is 2.36. The first-order valence-corrected chi connectivity index (χ1v) is 10.2. The van der Waals surface area contributed by atoms with Gasteiger partial charge < -0.3 is 19.7 Å². The Hall–Kier alpha value is -1.85. The van der Waals surface area contributed by atoms with Gasteiger partial charge in [0, 0.05) is 29.2 Å². The molecule has 0 unspecified atom stereocenters. The van der Waals surface area contributed by atoms with Crippen molar-refractivity contribution < 1.29 is 9.47 Å². The van der Waals surface area contributed by atoms with Crippen molar-refractivity contribution >= 4 is 16.6 Å². The summed E-state index contributed by atoms with van der Waals surface area (Å²) in [6.45, 7) is 5.99. The number of pyridine rings is 1. The highest BCUT2D eigenvalue weighted by atomic mass is 16.5. The Morgan fingerprint density at radius 1 is 1.22 bits per heavy atom. The molecule has 1 saturated heterocycles. The van der Waals surface area contributed by atoms with Crippen LogP contribution in [-0.4, -0.2) is 56.4 Å². The number of piperidine rings is 1. The predicted molar refractivity (Wildman–Crippen MR) is 110 cm³/mol. The molecule has 5 nitrogen and oxygen atoms in total. The van der Waals surface area contributed by atoms with Crippen molar-refractivity contribution in [1.82, 2.24) is 9.88 Å². The first kappa shape index (κ1) is 18.5. The van der Waals surface area contributed by atoms with Gasteiger partial charge in [-0.3, -0.25) is 4.98 Å². The molecule has 1 aromatic heterocycles. The minimum absolute atomic E-state index is 0.511. The molecule has 2 aliphatic rings. The van der Waals surface area contributed by atoms with Gasteiger partial charge in [0.2, 0.25) is 0 Å². The maximum atomic E-state index is 5.75. The van der Waals surface area contributed by atoms with Gasteiger partial charge in [0.25, 0.3) is 0 Å². The number of aromatic nitrogens is 1. The van der Waals surface area contributed by atoms with Crippen LogP contribution in [0.4, 0.5) is 5.69 Å². The van der Waals surface area contributed by atoms with Crippen molar-refractivity contribution in [1.29, 1.82) is 0 Å². The molecule has 0 bridgehead atoms. The summed E-state index contributed by atoms with van der Waals surface area (Å²) in [6.07, 6.45) is 5.11. The van der Waals surface area contributed by atoms with Gasteiger partial charge in [-0.1, -0.05) is 6.92 Å². The number of aryl methyl sites for hydroxylation is 1. The number of benzene rings is 1. The fraction of sp³-hybridized carbons (Fsp3) is 0.591. The zero-order valence-electron chi connectivity index (χ0n) is 16.8. The number of hydrogen-bond donors (Lipinski definition) is 1. The van der Waals surface area contributed by atoms with E-state index < -0.39 is 0 Å². The second-order valence-electron chi connectivity index (χ2n) is 7.78. The minimum Gasteiger partial charge on any atom is -0.496 e. The Balaban J connectivity index is 1.82. The van der Waals surface area contributed by atoms with E-state index in [1.54, 1.807) is 7.11 Å². The van der Waals surface area contributed by atoms with E-state index >= 15 is 0 Å². The summed E-state index contributed by atoms with van der Waals surface area (Å²) in [6, 6.07) is 4.90. The van der Waals surface area contributed by atoms with Crippen LogP contribution in [0.2, 0.25) is 0 Å². The van der Waals surface area contributed by atoms with E-state index in [4.69, 9.17) is 14.5 Å². The minimum atomic E-state index is 0.511. The molecule has 1 fully saturated rings. The number of anilines is 1. The van der Waals surface area contributed by atoms with Gasteiger partial charge in [0.15, 0.2) is 0 Å². The smallest absolute Gasteiger partial charge is 0.122 e. The third-order valence-corrected chi connectivity index (χ3v) is 6.00. The Morgan fingerprint density at radius 2 is 2.00 bits per heavy atom. The molecule has 0 atom stereocenters. The third-order valence-electron chi connectivity index (χ3n) is 6.00. The summed E-state index contributed by atoms with van der Waals surface area (Å²) in [7, 11) is 3.97. The van der Waals surface area contributed by atoms with Crippen molar-refractivity contribution in [3.05, 3.63) is 29.0 Å². The lowest BCUT2D eigenvalue weighted by atomic mass is 9.97. The highest BCUT2D eigenvalue weighted by Gasteiger charge is 2.23. The van der Waals surface area contributed by atoms with Crippen molar-refractivity contribution in [2.24, 2.45) is 0 Å². The van der Waals surface area contributed by atoms with E-state index in [9.17, 15) is 0 Å². The Morgan fingerprint density at radius 3 is 2.74 bits per heavy atom. The number of methoxy groups -OCH3 is 1. The average molecular weight is 370 g/mol. The van der Waals surface area contributed by atoms with Crippen LogP contribution >= 0.6 is 0 Å². The molecule has 1 N–H and O–H groups in total. The van der Waals surface area contributed by atoms with Crippen LogP contribution in [0.1, 0.15) is 36.6 Å². The van der Waals surface area contributed by atoms with Gasteiger partial charge in [-0.05, 0) is 69.1 Å². The fourth-order valence-corrected chi connectivity index (χ4v) is 4.33. The zero-order valence-corrected chi connectivity index (χ0v) is 16.8. The fourth-order valence-electron chi connectivity index (χ4n) is 4.33. The molecule has 27 heavy (non-hydrogen) atoms.